The fourth-order valence-electron chi connectivity index (χ4n) is 4.68. The summed E-state index contributed by atoms with van der Waals surface area (Å²) in [6.07, 6.45) is -0.000613. The van der Waals surface area contributed by atoms with Gasteiger partial charge in [0, 0.05) is 25.1 Å². The highest BCUT2D eigenvalue weighted by atomic mass is 19.4. The number of pyridine rings is 1. The number of hydrogen-bond donors (Lipinski definition) is 0. The summed E-state index contributed by atoms with van der Waals surface area (Å²) in [5, 5.41) is 0. The van der Waals surface area contributed by atoms with Crippen LogP contribution in [0.5, 0.6) is 5.88 Å². The Morgan fingerprint density at radius 3 is 2.48 bits per heavy atom. The highest BCUT2D eigenvalue weighted by molar-refractivity contribution is 6.00. The SMILES string of the molecule is O=C(c1cccc(F)c1-c1ncccn1)N1CC2CC(Oc3ncccc3C(F)(F)F)C1C2. The second-order valence-corrected chi connectivity index (χ2v) is 8.11. The summed E-state index contributed by atoms with van der Waals surface area (Å²) >= 11 is 0. The summed E-state index contributed by atoms with van der Waals surface area (Å²) in [4.78, 5) is 26.9. The summed E-state index contributed by atoms with van der Waals surface area (Å²) in [6.45, 7) is 0.420. The maximum atomic E-state index is 14.7. The van der Waals surface area contributed by atoms with Gasteiger partial charge in [-0.3, -0.25) is 4.79 Å². The Hall–Kier alpha value is -3.56. The minimum Gasteiger partial charge on any atom is -0.472 e. The Balaban J connectivity index is 1.43. The average molecular weight is 458 g/mol. The number of carbonyl (C=O) groups is 1. The molecule has 10 heteroatoms. The second kappa shape index (κ2) is 8.09. The zero-order valence-electron chi connectivity index (χ0n) is 17.2. The summed E-state index contributed by atoms with van der Waals surface area (Å²) in [7, 11) is 0. The summed E-state index contributed by atoms with van der Waals surface area (Å²) in [5.41, 5.74) is -0.868. The number of ether oxygens (including phenoxy) is 1. The smallest absolute Gasteiger partial charge is 0.421 e. The van der Waals surface area contributed by atoms with E-state index < -0.39 is 41.5 Å². The van der Waals surface area contributed by atoms with E-state index in [0.29, 0.717) is 19.4 Å². The molecular weight excluding hydrogens is 440 g/mol. The summed E-state index contributed by atoms with van der Waals surface area (Å²) in [5.74, 6) is -1.41. The van der Waals surface area contributed by atoms with Crippen LogP contribution in [0.25, 0.3) is 11.4 Å². The molecule has 6 nitrogen and oxygen atoms in total. The van der Waals surface area contributed by atoms with Gasteiger partial charge in [0.05, 0.1) is 17.2 Å². The van der Waals surface area contributed by atoms with Gasteiger partial charge in [-0.05, 0) is 49.1 Å². The Kier molecular flexibility index (Phi) is 5.22. The van der Waals surface area contributed by atoms with Crippen LogP contribution in [0.2, 0.25) is 0 Å². The molecule has 2 bridgehead atoms. The first-order chi connectivity index (χ1) is 15.8. The number of halogens is 4. The highest BCUT2D eigenvalue weighted by Crippen LogP contribution is 2.43. The number of amides is 1. The number of hydrogen-bond acceptors (Lipinski definition) is 5. The van der Waals surface area contributed by atoms with Crippen LogP contribution in [0.1, 0.15) is 28.8 Å². The van der Waals surface area contributed by atoms with Crippen LogP contribution >= 0.6 is 0 Å². The molecule has 33 heavy (non-hydrogen) atoms. The second-order valence-electron chi connectivity index (χ2n) is 8.11. The monoisotopic (exact) mass is 458 g/mol. The predicted molar refractivity (Wildman–Crippen MR) is 109 cm³/mol. The van der Waals surface area contributed by atoms with Crippen LogP contribution in [0.4, 0.5) is 17.6 Å². The lowest BCUT2D eigenvalue weighted by Crippen LogP contribution is -2.47. The molecule has 3 heterocycles. The molecule has 0 spiro atoms. The number of nitrogens with zero attached hydrogens (tertiary/aromatic N) is 4. The van der Waals surface area contributed by atoms with E-state index in [2.05, 4.69) is 15.0 Å². The van der Waals surface area contributed by atoms with Crippen LogP contribution in [-0.4, -0.2) is 44.4 Å². The molecule has 1 aromatic carbocycles. The average Bonchev–Trinajstić information content (AvgIpc) is 3.39. The van der Waals surface area contributed by atoms with Crippen molar-refractivity contribution in [3.8, 4) is 17.3 Å². The zero-order valence-corrected chi connectivity index (χ0v) is 17.2. The summed E-state index contributed by atoms with van der Waals surface area (Å²) in [6, 6.07) is 7.41. The molecule has 1 saturated carbocycles. The van der Waals surface area contributed by atoms with Crippen LogP contribution in [-0.2, 0) is 6.18 Å². The quantitative estimate of drug-likeness (QED) is 0.543. The number of piperidine rings is 1. The number of carbonyl (C=O) groups excluding carboxylic acids is 1. The van der Waals surface area contributed by atoms with E-state index >= 15 is 0 Å². The van der Waals surface area contributed by atoms with Crippen molar-refractivity contribution in [3.63, 3.8) is 0 Å². The molecular formula is C23H18F4N4O2. The Morgan fingerprint density at radius 2 is 1.76 bits per heavy atom. The van der Waals surface area contributed by atoms with Crippen molar-refractivity contribution in [2.45, 2.75) is 31.2 Å². The third-order valence-electron chi connectivity index (χ3n) is 6.06. The fourth-order valence-corrected chi connectivity index (χ4v) is 4.68. The first-order valence-electron chi connectivity index (χ1n) is 10.4. The third-order valence-corrected chi connectivity index (χ3v) is 6.06. The number of likely N-dealkylation sites (tertiary alicyclic amines) is 1. The largest absolute Gasteiger partial charge is 0.472 e. The number of rotatable bonds is 4. The minimum absolute atomic E-state index is 0.00701. The Bertz CT molecular complexity index is 1190. The van der Waals surface area contributed by atoms with Crippen LogP contribution in [0.15, 0.2) is 55.0 Å². The molecule has 0 radical (unpaired) electrons. The van der Waals surface area contributed by atoms with Gasteiger partial charge in [0.25, 0.3) is 5.91 Å². The van der Waals surface area contributed by atoms with Crippen molar-refractivity contribution >= 4 is 5.91 Å². The van der Waals surface area contributed by atoms with Crippen molar-refractivity contribution in [2.24, 2.45) is 5.92 Å². The molecule has 3 aromatic rings. The van der Waals surface area contributed by atoms with Crippen molar-refractivity contribution in [2.75, 3.05) is 6.54 Å². The first kappa shape index (κ1) is 21.3. The molecule has 3 atom stereocenters. The van der Waals surface area contributed by atoms with E-state index in [9.17, 15) is 22.4 Å². The number of benzene rings is 1. The van der Waals surface area contributed by atoms with E-state index in [-0.39, 0.29) is 22.9 Å². The topological polar surface area (TPSA) is 68.2 Å². The van der Waals surface area contributed by atoms with Crippen LogP contribution < -0.4 is 4.74 Å². The van der Waals surface area contributed by atoms with E-state index in [1.165, 1.54) is 42.9 Å². The van der Waals surface area contributed by atoms with Gasteiger partial charge in [-0.1, -0.05) is 6.07 Å². The van der Waals surface area contributed by atoms with Crippen LogP contribution in [0, 0.1) is 11.7 Å². The molecule has 2 aromatic heterocycles. The molecule has 0 N–H and O–H groups in total. The number of alkyl halides is 3. The number of fused-ring (bicyclic) bond motifs is 2. The van der Waals surface area contributed by atoms with Gasteiger partial charge >= 0.3 is 6.18 Å². The molecule has 1 amide bonds. The minimum atomic E-state index is -4.61. The lowest BCUT2D eigenvalue weighted by molar-refractivity contribution is -0.139. The molecule has 5 rings (SSSR count). The van der Waals surface area contributed by atoms with Crippen LogP contribution in [0.3, 0.4) is 0 Å². The molecule has 2 fully saturated rings. The predicted octanol–water partition coefficient (Wildman–Crippen LogP) is 4.38. The molecule has 1 aliphatic heterocycles. The van der Waals surface area contributed by atoms with Gasteiger partial charge in [-0.25, -0.2) is 19.3 Å². The normalized spacial score (nSPS) is 21.9. The van der Waals surface area contributed by atoms with Crippen molar-refractivity contribution in [1.82, 2.24) is 19.9 Å². The molecule has 1 aliphatic carbocycles. The standard InChI is InChI=1S/C23H18F4N4O2/c24-16-6-1-4-14(19(16)20-28-8-3-9-29-20)22(32)31-12-13-10-17(31)18(11-13)33-21-15(23(25,26)27)5-2-7-30-21/h1-9,13,17-18H,10-12H2. The van der Waals surface area contributed by atoms with Crippen molar-refractivity contribution < 1.29 is 27.1 Å². The van der Waals surface area contributed by atoms with Crippen molar-refractivity contribution in [1.29, 1.82) is 0 Å². The lowest BCUT2D eigenvalue weighted by Gasteiger charge is -2.34. The van der Waals surface area contributed by atoms with Gasteiger partial charge in [-0.2, -0.15) is 13.2 Å². The Labute approximate surface area is 186 Å². The van der Waals surface area contributed by atoms with E-state index in [0.717, 1.165) is 6.07 Å². The first-order valence-corrected chi connectivity index (χ1v) is 10.4. The maximum Gasteiger partial charge on any atom is 0.421 e. The molecule has 1 saturated heterocycles. The zero-order chi connectivity index (χ0) is 23.2. The van der Waals surface area contributed by atoms with Crippen molar-refractivity contribution in [3.05, 3.63) is 71.9 Å². The Morgan fingerprint density at radius 1 is 1.00 bits per heavy atom. The maximum absolute atomic E-state index is 14.7. The van der Waals surface area contributed by atoms with E-state index in [1.807, 2.05) is 0 Å². The van der Waals surface area contributed by atoms with Gasteiger partial charge in [-0.15, -0.1) is 0 Å². The van der Waals surface area contributed by atoms with E-state index in [1.54, 1.807) is 11.0 Å². The third kappa shape index (κ3) is 3.90. The van der Waals surface area contributed by atoms with Gasteiger partial charge < -0.3 is 9.64 Å². The van der Waals surface area contributed by atoms with Gasteiger partial charge in [0.1, 0.15) is 17.5 Å². The fraction of sp³-hybridized carbons (Fsp3) is 0.304. The lowest BCUT2D eigenvalue weighted by atomic mass is 10.0. The molecule has 3 unspecified atom stereocenters. The van der Waals surface area contributed by atoms with Gasteiger partial charge in [0.2, 0.25) is 5.88 Å². The summed E-state index contributed by atoms with van der Waals surface area (Å²) < 4.78 is 60.4. The van der Waals surface area contributed by atoms with E-state index in [4.69, 9.17) is 4.74 Å². The number of aromatic nitrogens is 3. The van der Waals surface area contributed by atoms with Gasteiger partial charge in [0.15, 0.2) is 5.82 Å². The molecule has 170 valence electrons. The molecule has 2 aliphatic rings. The highest BCUT2D eigenvalue weighted by Gasteiger charge is 2.49.